The molecular formula is C14H13N2O7+. The Hall–Kier alpha value is -3.07. The number of aliphatic carboxylic acids is 2. The number of carbonyl (C=O) groups is 3. The predicted molar refractivity (Wildman–Crippen MR) is 73.0 cm³/mol. The molecule has 0 amide bonds. The molecule has 0 spiro atoms. The minimum Gasteiger partial charge on any atom is -0.481 e. The van der Waals surface area contributed by atoms with Crippen molar-refractivity contribution in [1.29, 1.82) is 0 Å². The summed E-state index contributed by atoms with van der Waals surface area (Å²) in [5.74, 6) is -4.47. The molecule has 0 aliphatic carbocycles. The molecule has 0 aliphatic rings. The van der Waals surface area contributed by atoms with Crippen molar-refractivity contribution in [2.45, 2.75) is 18.4 Å². The first-order chi connectivity index (χ1) is 10.8. The Morgan fingerprint density at radius 1 is 1.17 bits per heavy atom. The normalized spacial score (nSPS) is 13.3. The summed E-state index contributed by atoms with van der Waals surface area (Å²) < 4.78 is 1.06. The fourth-order valence-electron chi connectivity index (χ4n) is 1.94. The Kier molecular flexibility index (Phi) is 4.51. The van der Waals surface area contributed by atoms with Gasteiger partial charge >= 0.3 is 17.9 Å². The zero-order valence-electron chi connectivity index (χ0n) is 11.7. The Bertz CT molecular complexity index is 771. The molecule has 0 aliphatic heterocycles. The Balaban J connectivity index is 2.20. The number of fused-ring (bicyclic) bond motifs is 1. The molecule has 1 atom stereocenters. The topological polar surface area (TPSA) is 138 Å². The number of aromatic nitrogens is 2. The van der Waals surface area contributed by atoms with Crippen LogP contribution >= 0.6 is 0 Å². The summed E-state index contributed by atoms with van der Waals surface area (Å²) in [4.78, 5) is 42.6. The lowest BCUT2D eigenvalue weighted by Crippen LogP contribution is -2.50. The van der Waals surface area contributed by atoms with Crippen LogP contribution in [0.15, 0.2) is 36.7 Å². The average molecular weight is 321 g/mol. The number of carbonyl (C=O) groups excluding carboxylic acids is 1. The highest BCUT2D eigenvalue weighted by molar-refractivity contribution is 5.88. The van der Waals surface area contributed by atoms with Gasteiger partial charge in [0.1, 0.15) is 5.52 Å². The second-order valence-electron chi connectivity index (χ2n) is 4.79. The van der Waals surface area contributed by atoms with Crippen molar-refractivity contribution in [2.75, 3.05) is 0 Å². The van der Waals surface area contributed by atoms with E-state index in [1.54, 1.807) is 30.5 Å². The molecule has 9 nitrogen and oxygen atoms in total. The smallest absolute Gasteiger partial charge is 0.383 e. The standard InChI is InChI=1S/C14H12N2O7/c17-11(18)7-14(22,13(20)21)8-12(19)23-16-6-2-3-9-10(16)4-1-5-15-9/h1-6,22H,7-8H2,(H-,17,18,20,21)/p+1. The summed E-state index contributed by atoms with van der Waals surface area (Å²) in [5, 5.41) is 27.4. The minimum atomic E-state index is -2.74. The molecular weight excluding hydrogens is 308 g/mol. The summed E-state index contributed by atoms with van der Waals surface area (Å²) in [7, 11) is 0. The molecule has 0 saturated heterocycles. The number of carboxylic acids is 2. The second kappa shape index (κ2) is 6.36. The van der Waals surface area contributed by atoms with Gasteiger partial charge in [-0.05, 0) is 12.1 Å². The molecule has 3 N–H and O–H groups in total. The van der Waals surface area contributed by atoms with Crippen molar-refractivity contribution in [3.63, 3.8) is 0 Å². The van der Waals surface area contributed by atoms with Gasteiger partial charge in [0.15, 0.2) is 5.60 Å². The summed E-state index contributed by atoms with van der Waals surface area (Å²) >= 11 is 0. The molecule has 1 unspecified atom stereocenters. The van der Waals surface area contributed by atoms with E-state index in [2.05, 4.69) is 4.98 Å². The van der Waals surface area contributed by atoms with Gasteiger partial charge in [-0.3, -0.25) is 4.79 Å². The van der Waals surface area contributed by atoms with E-state index >= 15 is 0 Å². The van der Waals surface area contributed by atoms with Crippen molar-refractivity contribution < 1.29 is 39.3 Å². The fraction of sp³-hybridized carbons (Fsp3) is 0.214. The van der Waals surface area contributed by atoms with Gasteiger partial charge in [-0.2, -0.15) is 4.84 Å². The van der Waals surface area contributed by atoms with Crippen molar-refractivity contribution in [3.05, 3.63) is 36.7 Å². The number of hydrogen-bond donors (Lipinski definition) is 3. The third kappa shape index (κ3) is 3.77. The van der Waals surface area contributed by atoms with Crippen LogP contribution in [0.4, 0.5) is 0 Å². The molecule has 2 heterocycles. The number of carboxylic acid groups (broad SMARTS) is 2. The molecule has 0 aromatic carbocycles. The number of nitrogens with zero attached hydrogens (tertiary/aromatic N) is 2. The van der Waals surface area contributed by atoms with Crippen LogP contribution in [-0.4, -0.2) is 43.8 Å². The van der Waals surface area contributed by atoms with Crippen molar-refractivity contribution >= 4 is 28.9 Å². The molecule has 23 heavy (non-hydrogen) atoms. The van der Waals surface area contributed by atoms with Gasteiger partial charge in [-0.1, -0.05) is 0 Å². The maximum atomic E-state index is 11.9. The van der Waals surface area contributed by atoms with E-state index in [1.807, 2.05) is 0 Å². The van der Waals surface area contributed by atoms with Crippen molar-refractivity contribution in [3.8, 4) is 0 Å². The Labute approximate surface area is 129 Å². The lowest BCUT2D eigenvalue weighted by molar-refractivity contribution is -0.849. The largest absolute Gasteiger partial charge is 0.481 e. The van der Waals surface area contributed by atoms with Crippen molar-refractivity contribution in [1.82, 2.24) is 4.98 Å². The van der Waals surface area contributed by atoms with Crippen LogP contribution in [0, 0.1) is 0 Å². The van der Waals surface area contributed by atoms with Gasteiger partial charge in [0.25, 0.3) is 5.52 Å². The first kappa shape index (κ1) is 16.3. The summed E-state index contributed by atoms with van der Waals surface area (Å²) in [5.41, 5.74) is -1.77. The van der Waals surface area contributed by atoms with E-state index in [0.717, 1.165) is 4.73 Å². The summed E-state index contributed by atoms with van der Waals surface area (Å²) in [6.07, 6.45) is 0.806. The van der Waals surface area contributed by atoms with E-state index in [0.29, 0.717) is 11.0 Å². The predicted octanol–water partition coefficient (Wildman–Crippen LogP) is -0.842. The lowest BCUT2D eigenvalue weighted by Gasteiger charge is -2.18. The zero-order valence-corrected chi connectivity index (χ0v) is 11.7. The molecule has 9 heteroatoms. The quantitative estimate of drug-likeness (QED) is 0.585. The van der Waals surface area contributed by atoms with Gasteiger partial charge in [-0.25, -0.2) is 14.6 Å². The third-order valence-corrected chi connectivity index (χ3v) is 3.01. The average Bonchev–Trinajstić information content (AvgIpc) is 2.46. The molecule has 0 fully saturated rings. The highest BCUT2D eigenvalue weighted by Crippen LogP contribution is 2.16. The Morgan fingerprint density at radius 2 is 1.91 bits per heavy atom. The number of hydrogen-bond acceptors (Lipinski definition) is 6. The number of rotatable bonds is 6. The molecule has 2 aromatic heterocycles. The van der Waals surface area contributed by atoms with Crippen LogP contribution in [0.5, 0.6) is 0 Å². The second-order valence-corrected chi connectivity index (χ2v) is 4.79. The lowest BCUT2D eigenvalue weighted by atomic mass is 9.96. The molecule has 2 aromatic rings. The van der Waals surface area contributed by atoms with Crippen LogP contribution in [0.25, 0.3) is 11.0 Å². The number of pyridine rings is 2. The van der Waals surface area contributed by atoms with Crippen LogP contribution in [0.2, 0.25) is 0 Å². The van der Waals surface area contributed by atoms with Gasteiger partial charge in [0, 0.05) is 23.1 Å². The van der Waals surface area contributed by atoms with E-state index in [4.69, 9.17) is 15.1 Å². The van der Waals surface area contributed by atoms with E-state index in [-0.39, 0.29) is 0 Å². The van der Waals surface area contributed by atoms with Gasteiger partial charge < -0.3 is 15.3 Å². The minimum absolute atomic E-state index is 0.445. The zero-order chi connectivity index (χ0) is 17.0. The highest BCUT2D eigenvalue weighted by Gasteiger charge is 2.42. The number of aliphatic hydroxyl groups is 1. The van der Waals surface area contributed by atoms with Crippen LogP contribution < -0.4 is 9.57 Å². The van der Waals surface area contributed by atoms with Gasteiger partial charge in [-0.15, -0.1) is 0 Å². The van der Waals surface area contributed by atoms with Crippen LogP contribution in [0.1, 0.15) is 12.8 Å². The van der Waals surface area contributed by atoms with E-state index < -0.39 is 36.4 Å². The first-order valence-electron chi connectivity index (χ1n) is 6.46. The summed E-state index contributed by atoms with van der Waals surface area (Å²) in [6, 6.07) is 6.47. The fourth-order valence-corrected chi connectivity index (χ4v) is 1.94. The monoisotopic (exact) mass is 321 g/mol. The third-order valence-electron chi connectivity index (χ3n) is 3.01. The summed E-state index contributed by atoms with van der Waals surface area (Å²) in [6.45, 7) is 0. The maximum Gasteiger partial charge on any atom is 0.383 e. The van der Waals surface area contributed by atoms with Gasteiger partial charge in [0.2, 0.25) is 6.20 Å². The SMILES string of the molecule is O=C(O)CC(O)(CC(=O)O[n+]1cccc2ncccc21)C(=O)O. The molecule has 0 radical (unpaired) electrons. The maximum absolute atomic E-state index is 11.9. The van der Waals surface area contributed by atoms with Crippen molar-refractivity contribution in [2.24, 2.45) is 0 Å². The molecule has 0 bridgehead atoms. The van der Waals surface area contributed by atoms with E-state index in [9.17, 15) is 19.5 Å². The highest BCUT2D eigenvalue weighted by atomic mass is 16.7. The van der Waals surface area contributed by atoms with Gasteiger partial charge in [0.05, 0.1) is 12.8 Å². The first-order valence-corrected chi connectivity index (χ1v) is 6.46. The van der Waals surface area contributed by atoms with Crippen LogP contribution in [-0.2, 0) is 14.4 Å². The van der Waals surface area contributed by atoms with E-state index in [1.165, 1.54) is 6.20 Å². The molecule has 120 valence electrons. The Morgan fingerprint density at radius 3 is 2.57 bits per heavy atom. The van der Waals surface area contributed by atoms with Crippen LogP contribution in [0.3, 0.4) is 0 Å². The molecule has 2 rings (SSSR count). The molecule has 0 saturated carbocycles.